The summed E-state index contributed by atoms with van der Waals surface area (Å²) in [5, 5.41) is 0. The van der Waals surface area contributed by atoms with Crippen molar-refractivity contribution in [3.05, 3.63) is 29.8 Å². The lowest BCUT2D eigenvalue weighted by atomic mass is 9.91. The van der Waals surface area contributed by atoms with Crippen molar-refractivity contribution in [2.45, 2.75) is 45.1 Å². The maximum atomic E-state index is 12.2. The van der Waals surface area contributed by atoms with Gasteiger partial charge in [0.2, 0.25) is 0 Å². The Labute approximate surface area is 127 Å². The highest BCUT2D eigenvalue weighted by Crippen LogP contribution is 2.29. The van der Waals surface area contributed by atoms with Crippen molar-refractivity contribution in [3.63, 3.8) is 0 Å². The van der Waals surface area contributed by atoms with E-state index in [4.69, 9.17) is 9.47 Å². The van der Waals surface area contributed by atoms with Gasteiger partial charge in [0.05, 0.1) is 7.11 Å². The third kappa shape index (κ3) is 4.38. The molecule has 1 aliphatic heterocycles. The van der Waals surface area contributed by atoms with Crippen molar-refractivity contribution in [2.75, 3.05) is 20.2 Å². The van der Waals surface area contributed by atoms with Gasteiger partial charge in [0.25, 0.3) is 0 Å². The molecule has 4 heteroatoms. The fourth-order valence-corrected chi connectivity index (χ4v) is 2.64. The number of rotatable bonds is 2. The molecular formula is C17H25NO3. The number of carbonyl (C=O) groups is 1. The number of likely N-dealkylation sites (tertiary alicyclic amines) is 1. The molecule has 1 aromatic rings. The van der Waals surface area contributed by atoms with Gasteiger partial charge in [-0.2, -0.15) is 0 Å². The van der Waals surface area contributed by atoms with Crippen LogP contribution < -0.4 is 4.74 Å². The highest BCUT2D eigenvalue weighted by molar-refractivity contribution is 5.68. The molecule has 1 aliphatic rings. The van der Waals surface area contributed by atoms with E-state index < -0.39 is 5.60 Å². The van der Waals surface area contributed by atoms with Crippen molar-refractivity contribution >= 4 is 6.09 Å². The number of carbonyl (C=O) groups excluding carboxylic acids is 1. The first-order chi connectivity index (χ1) is 9.89. The molecule has 2 rings (SSSR count). The number of hydrogen-bond donors (Lipinski definition) is 0. The highest BCUT2D eigenvalue weighted by atomic mass is 16.6. The molecule has 0 saturated carbocycles. The molecule has 0 N–H and O–H groups in total. The normalized spacial score (nSPS) is 19.2. The van der Waals surface area contributed by atoms with Crippen LogP contribution in [0.2, 0.25) is 0 Å². The van der Waals surface area contributed by atoms with Crippen LogP contribution in [0.4, 0.5) is 4.79 Å². The van der Waals surface area contributed by atoms with Crippen molar-refractivity contribution in [1.82, 2.24) is 4.90 Å². The highest BCUT2D eigenvalue weighted by Gasteiger charge is 2.28. The molecule has 1 fully saturated rings. The van der Waals surface area contributed by atoms with Gasteiger partial charge in [-0.25, -0.2) is 4.79 Å². The number of piperidine rings is 1. The van der Waals surface area contributed by atoms with E-state index in [0.29, 0.717) is 12.5 Å². The molecule has 1 atom stereocenters. The average molecular weight is 291 g/mol. The molecule has 4 nitrogen and oxygen atoms in total. The molecule has 0 radical (unpaired) electrons. The lowest BCUT2D eigenvalue weighted by molar-refractivity contribution is 0.0198. The topological polar surface area (TPSA) is 38.8 Å². The molecule has 1 amide bonds. The van der Waals surface area contributed by atoms with Gasteiger partial charge < -0.3 is 14.4 Å². The van der Waals surface area contributed by atoms with E-state index in [2.05, 4.69) is 12.1 Å². The maximum absolute atomic E-state index is 12.2. The maximum Gasteiger partial charge on any atom is 0.410 e. The van der Waals surface area contributed by atoms with Crippen LogP contribution in [0, 0.1) is 0 Å². The molecule has 116 valence electrons. The minimum atomic E-state index is -0.444. The zero-order valence-corrected chi connectivity index (χ0v) is 13.4. The first-order valence-electron chi connectivity index (χ1n) is 7.51. The Hall–Kier alpha value is -1.71. The van der Waals surface area contributed by atoms with Crippen molar-refractivity contribution in [3.8, 4) is 5.75 Å². The zero-order valence-electron chi connectivity index (χ0n) is 13.4. The molecule has 0 bridgehead atoms. The summed E-state index contributed by atoms with van der Waals surface area (Å²) in [5.41, 5.74) is 0.780. The average Bonchev–Trinajstić information content (AvgIpc) is 2.46. The predicted molar refractivity (Wildman–Crippen MR) is 82.8 cm³/mol. The van der Waals surface area contributed by atoms with Gasteiger partial charge in [0.15, 0.2) is 0 Å². The number of benzene rings is 1. The van der Waals surface area contributed by atoms with Gasteiger partial charge in [-0.05, 0) is 51.3 Å². The van der Waals surface area contributed by atoms with Crippen LogP contribution in [0.1, 0.15) is 45.1 Å². The van der Waals surface area contributed by atoms with Crippen LogP contribution >= 0.6 is 0 Å². The smallest absolute Gasteiger partial charge is 0.410 e. The summed E-state index contributed by atoms with van der Waals surface area (Å²) >= 11 is 0. The Balaban J connectivity index is 2.04. The quantitative estimate of drug-likeness (QED) is 0.831. The summed E-state index contributed by atoms with van der Waals surface area (Å²) in [6.07, 6.45) is 1.88. The lowest BCUT2D eigenvalue weighted by Gasteiger charge is -2.34. The third-order valence-corrected chi connectivity index (χ3v) is 3.64. The van der Waals surface area contributed by atoms with Gasteiger partial charge in [-0.1, -0.05) is 12.1 Å². The van der Waals surface area contributed by atoms with E-state index in [1.54, 1.807) is 7.11 Å². The zero-order chi connectivity index (χ0) is 15.5. The van der Waals surface area contributed by atoms with Crippen LogP contribution in [0.25, 0.3) is 0 Å². The van der Waals surface area contributed by atoms with Crippen molar-refractivity contribution in [1.29, 1.82) is 0 Å². The number of ether oxygens (including phenoxy) is 2. The van der Waals surface area contributed by atoms with E-state index in [1.165, 1.54) is 5.56 Å². The van der Waals surface area contributed by atoms with Crippen molar-refractivity contribution < 1.29 is 14.3 Å². The van der Waals surface area contributed by atoms with Gasteiger partial charge >= 0.3 is 6.09 Å². The number of methoxy groups -OCH3 is 1. The molecule has 0 aromatic heterocycles. The fourth-order valence-electron chi connectivity index (χ4n) is 2.64. The third-order valence-electron chi connectivity index (χ3n) is 3.64. The van der Waals surface area contributed by atoms with Crippen LogP contribution in [-0.2, 0) is 4.74 Å². The second-order valence-electron chi connectivity index (χ2n) is 6.54. The Morgan fingerprint density at radius 1 is 1.33 bits per heavy atom. The van der Waals surface area contributed by atoms with Gasteiger partial charge in [-0.15, -0.1) is 0 Å². The summed E-state index contributed by atoms with van der Waals surface area (Å²) in [6.45, 7) is 7.18. The molecule has 21 heavy (non-hydrogen) atoms. The summed E-state index contributed by atoms with van der Waals surface area (Å²) in [7, 11) is 1.67. The molecule has 1 aromatic carbocycles. The number of amides is 1. The summed E-state index contributed by atoms with van der Waals surface area (Å²) in [4.78, 5) is 14.0. The number of hydrogen-bond acceptors (Lipinski definition) is 3. The molecule has 1 saturated heterocycles. The SMILES string of the molecule is COc1cccc([C@@H]2CCCN(C(=O)OC(C)(C)C)C2)c1. The monoisotopic (exact) mass is 291 g/mol. The molecule has 0 aliphatic carbocycles. The van der Waals surface area contributed by atoms with E-state index in [0.717, 1.165) is 25.1 Å². The largest absolute Gasteiger partial charge is 0.497 e. The first kappa shape index (κ1) is 15.7. The molecule has 1 heterocycles. The summed E-state index contributed by atoms with van der Waals surface area (Å²) in [5.74, 6) is 1.21. The predicted octanol–water partition coefficient (Wildman–Crippen LogP) is 3.81. The second-order valence-corrected chi connectivity index (χ2v) is 6.54. The Morgan fingerprint density at radius 2 is 2.10 bits per heavy atom. The van der Waals surface area contributed by atoms with Crippen LogP contribution in [0.5, 0.6) is 5.75 Å². The summed E-state index contributed by atoms with van der Waals surface area (Å²) < 4.78 is 10.7. The Kier molecular flexibility index (Phi) is 4.76. The Morgan fingerprint density at radius 3 is 2.76 bits per heavy atom. The minimum Gasteiger partial charge on any atom is -0.497 e. The number of nitrogens with zero attached hydrogens (tertiary/aromatic N) is 1. The van der Waals surface area contributed by atoms with Crippen LogP contribution in [0.15, 0.2) is 24.3 Å². The molecule has 0 spiro atoms. The Bertz CT molecular complexity index is 493. The molecule has 0 unspecified atom stereocenters. The van der Waals surface area contributed by atoms with E-state index in [1.807, 2.05) is 37.8 Å². The second kappa shape index (κ2) is 6.37. The van der Waals surface area contributed by atoms with Crippen LogP contribution in [0.3, 0.4) is 0 Å². The minimum absolute atomic E-state index is 0.213. The van der Waals surface area contributed by atoms with E-state index in [-0.39, 0.29) is 6.09 Å². The fraction of sp³-hybridized carbons (Fsp3) is 0.588. The first-order valence-corrected chi connectivity index (χ1v) is 7.51. The lowest BCUT2D eigenvalue weighted by Crippen LogP contribution is -2.42. The van der Waals surface area contributed by atoms with Gasteiger partial charge in [0.1, 0.15) is 11.4 Å². The molecular weight excluding hydrogens is 266 g/mol. The standard InChI is InChI=1S/C17H25NO3/c1-17(2,3)21-16(19)18-10-6-8-14(12-18)13-7-5-9-15(11-13)20-4/h5,7,9,11,14H,6,8,10,12H2,1-4H3/t14-/m1/s1. The van der Waals surface area contributed by atoms with Gasteiger partial charge in [-0.3, -0.25) is 0 Å². The van der Waals surface area contributed by atoms with Crippen molar-refractivity contribution in [2.24, 2.45) is 0 Å². The van der Waals surface area contributed by atoms with E-state index in [9.17, 15) is 4.79 Å². The van der Waals surface area contributed by atoms with Crippen LogP contribution in [-0.4, -0.2) is 36.8 Å². The van der Waals surface area contributed by atoms with Gasteiger partial charge in [0, 0.05) is 19.0 Å². The summed E-state index contributed by atoms with van der Waals surface area (Å²) in [6, 6.07) is 8.10. The van der Waals surface area contributed by atoms with E-state index >= 15 is 0 Å².